The van der Waals surface area contributed by atoms with E-state index >= 15 is 0 Å². The van der Waals surface area contributed by atoms with Gasteiger partial charge < -0.3 is 4.74 Å². The number of rotatable bonds is 4. The Hall–Kier alpha value is -1.64. The third-order valence-corrected chi connectivity index (χ3v) is 3.84. The second kappa shape index (κ2) is 6.00. The van der Waals surface area contributed by atoms with Crippen molar-refractivity contribution < 1.29 is 14.3 Å². The number of benzene rings is 1. The molecule has 1 atom stereocenters. The molecule has 1 aromatic rings. The lowest BCUT2D eigenvalue weighted by atomic mass is 9.87. The standard InChI is InChI=1S/C16H20O3/c1-3-14(16(18)19-2)15(17)13-9-8-11-6-4-5-7-12(11)10-13/h8-10,14H,3-7H2,1-2H3. The Balaban J connectivity index is 2.25. The van der Waals surface area contributed by atoms with Crippen molar-refractivity contribution in [1.29, 1.82) is 0 Å². The van der Waals surface area contributed by atoms with Crippen LogP contribution in [0.1, 0.15) is 47.7 Å². The van der Waals surface area contributed by atoms with Crippen LogP contribution < -0.4 is 0 Å². The van der Waals surface area contributed by atoms with E-state index in [0.717, 1.165) is 12.8 Å². The number of ketones is 1. The van der Waals surface area contributed by atoms with Gasteiger partial charge >= 0.3 is 5.97 Å². The van der Waals surface area contributed by atoms with Crippen LogP contribution in [-0.4, -0.2) is 18.9 Å². The highest BCUT2D eigenvalue weighted by Gasteiger charge is 2.27. The van der Waals surface area contributed by atoms with E-state index in [1.54, 1.807) is 0 Å². The van der Waals surface area contributed by atoms with E-state index in [9.17, 15) is 9.59 Å². The lowest BCUT2D eigenvalue weighted by Gasteiger charge is -2.17. The molecule has 102 valence electrons. The van der Waals surface area contributed by atoms with E-state index in [1.165, 1.54) is 31.1 Å². The fourth-order valence-electron chi connectivity index (χ4n) is 2.69. The van der Waals surface area contributed by atoms with Crippen molar-refractivity contribution >= 4 is 11.8 Å². The lowest BCUT2D eigenvalue weighted by molar-refractivity contribution is -0.143. The molecule has 2 rings (SSSR count). The van der Waals surface area contributed by atoms with Crippen LogP contribution in [0.15, 0.2) is 18.2 Å². The van der Waals surface area contributed by atoms with Crippen molar-refractivity contribution in [3.63, 3.8) is 0 Å². The van der Waals surface area contributed by atoms with Gasteiger partial charge in [0.05, 0.1) is 7.11 Å². The monoisotopic (exact) mass is 260 g/mol. The second-order valence-corrected chi connectivity index (χ2v) is 5.04. The van der Waals surface area contributed by atoms with Crippen molar-refractivity contribution in [1.82, 2.24) is 0 Å². The third kappa shape index (κ3) is 2.86. The predicted octanol–water partition coefficient (Wildman–Crippen LogP) is 2.95. The Morgan fingerprint density at radius 3 is 2.53 bits per heavy atom. The first-order valence-corrected chi connectivity index (χ1v) is 6.91. The minimum Gasteiger partial charge on any atom is -0.468 e. The lowest BCUT2D eigenvalue weighted by Crippen LogP contribution is -2.25. The summed E-state index contributed by atoms with van der Waals surface area (Å²) in [4.78, 5) is 24.0. The normalized spacial score (nSPS) is 15.5. The summed E-state index contributed by atoms with van der Waals surface area (Å²) in [6, 6.07) is 5.84. The number of ether oxygens (including phenoxy) is 1. The summed E-state index contributed by atoms with van der Waals surface area (Å²) in [5.74, 6) is -1.24. The molecule has 0 aliphatic heterocycles. The fourth-order valence-corrected chi connectivity index (χ4v) is 2.69. The van der Waals surface area contributed by atoms with Gasteiger partial charge in [-0.2, -0.15) is 0 Å². The number of esters is 1. The van der Waals surface area contributed by atoms with Crippen molar-refractivity contribution in [2.45, 2.75) is 39.0 Å². The Morgan fingerprint density at radius 2 is 1.89 bits per heavy atom. The average Bonchev–Trinajstić information content (AvgIpc) is 2.47. The van der Waals surface area contributed by atoms with Gasteiger partial charge in [0.2, 0.25) is 0 Å². The molecule has 19 heavy (non-hydrogen) atoms. The Morgan fingerprint density at radius 1 is 1.21 bits per heavy atom. The molecule has 1 aromatic carbocycles. The maximum absolute atomic E-state index is 12.4. The highest BCUT2D eigenvalue weighted by molar-refractivity contribution is 6.08. The van der Waals surface area contributed by atoms with Gasteiger partial charge in [-0.15, -0.1) is 0 Å². The second-order valence-electron chi connectivity index (χ2n) is 5.04. The van der Waals surface area contributed by atoms with Gasteiger partial charge in [-0.3, -0.25) is 9.59 Å². The molecule has 0 fully saturated rings. The number of aryl methyl sites for hydroxylation is 2. The number of Topliss-reactive ketones (excluding diaryl/α,β-unsaturated/α-hetero) is 1. The van der Waals surface area contributed by atoms with Crippen LogP contribution in [-0.2, 0) is 22.4 Å². The fraction of sp³-hybridized carbons (Fsp3) is 0.500. The molecule has 0 spiro atoms. The number of fused-ring (bicyclic) bond motifs is 1. The maximum Gasteiger partial charge on any atom is 0.316 e. The molecule has 0 radical (unpaired) electrons. The zero-order valence-electron chi connectivity index (χ0n) is 11.6. The zero-order chi connectivity index (χ0) is 13.8. The maximum atomic E-state index is 12.4. The van der Waals surface area contributed by atoms with Gasteiger partial charge in [-0.05, 0) is 49.3 Å². The van der Waals surface area contributed by atoms with E-state index in [-0.39, 0.29) is 5.78 Å². The summed E-state index contributed by atoms with van der Waals surface area (Å²) in [6.07, 6.45) is 5.00. The molecule has 0 aromatic heterocycles. The highest BCUT2D eigenvalue weighted by Crippen LogP contribution is 2.24. The molecular formula is C16H20O3. The smallest absolute Gasteiger partial charge is 0.316 e. The van der Waals surface area contributed by atoms with E-state index < -0.39 is 11.9 Å². The molecule has 0 bridgehead atoms. The van der Waals surface area contributed by atoms with Crippen molar-refractivity contribution in [2.75, 3.05) is 7.11 Å². The van der Waals surface area contributed by atoms with Gasteiger partial charge in [0, 0.05) is 5.56 Å². The van der Waals surface area contributed by atoms with Crippen LogP contribution >= 0.6 is 0 Å². The molecule has 1 unspecified atom stereocenters. The molecule has 1 aliphatic carbocycles. The highest BCUT2D eigenvalue weighted by atomic mass is 16.5. The summed E-state index contributed by atoms with van der Waals surface area (Å²) >= 11 is 0. The first kappa shape index (κ1) is 13.8. The topological polar surface area (TPSA) is 43.4 Å². The SMILES string of the molecule is CCC(C(=O)OC)C(=O)c1ccc2c(c1)CCCC2. The summed E-state index contributed by atoms with van der Waals surface area (Å²) in [5.41, 5.74) is 3.24. The summed E-state index contributed by atoms with van der Waals surface area (Å²) < 4.78 is 4.70. The Kier molecular flexibility index (Phi) is 4.35. The van der Waals surface area contributed by atoms with Crippen LogP contribution in [0, 0.1) is 5.92 Å². The van der Waals surface area contributed by atoms with Crippen LogP contribution in [0.4, 0.5) is 0 Å². The number of hydrogen-bond acceptors (Lipinski definition) is 3. The quantitative estimate of drug-likeness (QED) is 0.475. The van der Waals surface area contributed by atoms with Gasteiger partial charge in [-0.1, -0.05) is 19.1 Å². The molecule has 0 heterocycles. The molecule has 3 nitrogen and oxygen atoms in total. The molecule has 0 amide bonds. The van der Waals surface area contributed by atoms with Crippen LogP contribution in [0.5, 0.6) is 0 Å². The first-order valence-electron chi connectivity index (χ1n) is 6.91. The summed E-state index contributed by atoms with van der Waals surface area (Å²) in [7, 11) is 1.32. The van der Waals surface area contributed by atoms with Crippen LogP contribution in [0.2, 0.25) is 0 Å². The molecule has 0 saturated heterocycles. The molecule has 0 saturated carbocycles. The predicted molar refractivity (Wildman–Crippen MR) is 73.2 cm³/mol. The third-order valence-electron chi connectivity index (χ3n) is 3.84. The van der Waals surface area contributed by atoms with E-state index in [1.807, 2.05) is 25.1 Å². The largest absolute Gasteiger partial charge is 0.468 e. The number of hydrogen-bond donors (Lipinski definition) is 0. The van der Waals surface area contributed by atoms with Gasteiger partial charge in [0.1, 0.15) is 5.92 Å². The van der Waals surface area contributed by atoms with E-state index in [2.05, 4.69) is 0 Å². The zero-order valence-corrected chi connectivity index (χ0v) is 11.6. The van der Waals surface area contributed by atoms with Crippen molar-refractivity contribution in [3.8, 4) is 0 Å². The Bertz CT molecular complexity index is 491. The van der Waals surface area contributed by atoms with Gasteiger partial charge in [0.15, 0.2) is 5.78 Å². The number of carbonyl (C=O) groups is 2. The molecule has 0 N–H and O–H groups in total. The number of methoxy groups -OCH3 is 1. The molecule has 1 aliphatic rings. The number of carbonyl (C=O) groups excluding carboxylic acids is 2. The summed E-state index contributed by atoms with van der Waals surface area (Å²) in [6.45, 7) is 1.83. The minimum atomic E-state index is -0.674. The molecule has 3 heteroatoms. The van der Waals surface area contributed by atoms with E-state index in [0.29, 0.717) is 12.0 Å². The first-order chi connectivity index (χ1) is 9.17. The van der Waals surface area contributed by atoms with Gasteiger partial charge in [-0.25, -0.2) is 0 Å². The summed E-state index contributed by atoms with van der Waals surface area (Å²) in [5, 5.41) is 0. The van der Waals surface area contributed by atoms with Crippen LogP contribution in [0.3, 0.4) is 0 Å². The average molecular weight is 260 g/mol. The van der Waals surface area contributed by atoms with Crippen molar-refractivity contribution in [2.24, 2.45) is 5.92 Å². The minimum absolute atomic E-state index is 0.122. The van der Waals surface area contributed by atoms with Crippen molar-refractivity contribution in [3.05, 3.63) is 34.9 Å². The van der Waals surface area contributed by atoms with Crippen LogP contribution in [0.25, 0.3) is 0 Å². The van der Waals surface area contributed by atoms with E-state index in [4.69, 9.17) is 4.74 Å². The molecular weight excluding hydrogens is 240 g/mol. The van der Waals surface area contributed by atoms with Gasteiger partial charge in [0.25, 0.3) is 0 Å². The Labute approximate surface area is 114 Å².